The fourth-order valence-corrected chi connectivity index (χ4v) is 7.45. The molecule has 234 valence electrons. The Morgan fingerprint density at radius 3 is 2.26 bits per heavy atom. The lowest BCUT2D eigenvalue weighted by molar-refractivity contribution is 0.0831. The molecule has 0 aromatic carbocycles. The van der Waals surface area contributed by atoms with E-state index in [1.807, 2.05) is 32.6 Å². The molecule has 2 saturated heterocycles. The second kappa shape index (κ2) is 16.4. The molecule has 3 aromatic heterocycles. The van der Waals surface area contributed by atoms with Crippen LogP contribution in [0, 0.1) is 0 Å². The van der Waals surface area contributed by atoms with Crippen molar-refractivity contribution in [3.05, 3.63) is 35.0 Å². The van der Waals surface area contributed by atoms with Gasteiger partial charge in [-0.25, -0.2) is 15.0 Å². The number of pyridine rings is 1. The van der Waals surface area contributed by atoms with Gasteiger partial charge >= 0.3 is 0 Å². The largest absolute Gasteiger partial charge is 0.370 e. The van der Waals surface area contributed by atoms with Crippen molar-refractivity contribution in [2.75, 3.05) is 63.6 Å². The van der Waals surface area contributed by atoms with Gasteiger partial charge in [0.2, 0.25) is 5.95 Å². The maximum atomic E-state index is 13.0. The van der Waals surface area contributed by atoms with Crippen LogP contribution in [0.15, 0.2) is 24.5 Å². The Hall–Kier alpha value is -1.66. The number of nitrogens with one attached hydrogen (secondary N) is 2. The maximum absolute atomic E-state index is 13.0. The average molecular weight is 681 g/mol. The van der Waals surface area contributed by atoms with E-state index in [1.54, 1.807) is 4.90 Å². The highest BCUT2D eigenvalue weighted by Crippen LogP contribution is 2.43. The highest BCUT2D eigenvalue weighted by atomic mass is 35.5. The Morgan fingerprint density at radius 2 is 1.64 bits per heavy atom. The van der Waals surface area contributed by atoms with Crippen molar-refractivity contribution in [1.29, 1.82) is 0 Å². The third-order valence-corrected chi connectivity index (χ3v) is 9.43. The fourth-order valence-electron chi connectivity index (χ4n) is 6.22. The summed E-state index contributed by atoms with van der Waals surface area (Å²) in [6.45, 7) is 6.69. The lowest BCUT2D eigenvalue weighted by atomic mass is 9.96. The highest BCUT2D eigenvalue weighted by Gasteiger charge is 2.29. The molecule has 5 heterocycles. The van der Waals surface area contributed by atoms with Crippen LogP contribution in [0.25, 0.3) is 10.2 Å². The number of amides is 1. The van der Waals surface area contributed by atoms with Crippen molar-refractivity contribution < 1.29 is 4.79 Å². The minimum atomic E-state index is 0. The van der Waals surface area contributed by atoms with E-state index in [-0.39, 0.29) is 55.5 Å². The summed E-state index contributed by atoms with van der Waals surface area (Å²) in [5.41, 5.74) is 3.19. The zero-order chi connectivity index (χ0) is 26.1. The summed E-state index contributed by atoms with van der Waals surface area (Å²) in [5, 5.41) is 6.75. The van der Waals surface area contributed by atoms with Crippen molar-refractivity contribution in [3.8, 4) is 0 Å². The first-order valence-corrected chi connectivity index (χ1v) is 14.8. The number of aromatic nitrogens is 3. The van der Waals surface area contributed by atoms with Crippen LogP contribution in [0.3, 0.4) is 0 Å². The van der Waals surface area contributed by atoms with Gasteiger partial charge in [-0.05, 0) is 43.7 Å². The van der Waals surface area contributed by atoms with Gasteiger partial charge in [0.05, 0.1) is 33.2 Å². The summed E-state index contributed by atoms with van der Waals surface area (Å²) < 4.78 is 0.968. The van der Waals surface area contributed by atoms with Crippen LogP contribution in [0.1, 0.15) is 59.7 Å². The van der Waals surface area contributed by atoms with Crippen LogP contribution in [-0.2, 0) is 0 Å². The lowest BCUT2D eigenvalue weighted by Gasteiger charge is -2.41. The quantitative estimate of drug-likeness (QED) is 0.341. The molecule has 3 aromatic rings. The standard InChI is InChI=1S/C28H38N8OS.4ClH/c1-34(2)27(37)26-24(19-5-3-4-6-19)25-22(38-26)18-31-28(33-25)32-23-8-7-21(17-30-23)35-13-9-20(10-14-35)36-15-11-29-12-16-36;;;;/h7-8,17-20,29H,3-6,9-16H2,1-2H3,(H,30,31,32,33);4*1H. The Morgan fingerprint density at radius 1 is 0.952 bits per heavy atom. The summed E-state index contributed by atoms with van der Waals surface area (Å²) in [4.78, 5) is 34.7. The molecule has 9 nitrogen and oxygen atoms in total. The van der Waals surface area contributed by atoms with E-state index in [4.69, 9.17) is 4.98 Å². The van der Waals surface area contributed by atoms with Gasteiger partial charge in [0.25, 0.3) is 5.91 Å². The molecule has 2 aliphatic heterocycles. The van der Waals surface area contributed by atoms with Crippen LogP contribution in [0.4, 0.5) is 17.5 Å². The van der Waals surface area contributed by atoms with E-state index in [0.29, 0.717) is 17.9 Å². The molecule has 3 aliphatic rings. The number of hydrogen-bond acceptors (Lipinski definition) is 9. The molecular formula is C28H42Cl4N8OS. The molecule has 1 saturated carbocycles. The first-order valence-electron chi connectivity index (χ1n) is 14.0. The Balaban J connectivity index is 0.00000154. The maximum Gasteiger partial charge on any atom is 0.263 e. The van der Waals surface area contributed by atoms with E-state index >= 15 is 0 Å². The van der Waals surface area contributed by atoms with Crippen molar-refractivity contribution >= 4 is 94.5 Å². The number of carbonyl (C=O) groups excluding carboxylic acids is 1. The smallest absolute Gasteiger partial charge is 0.263 e. The SMILES string of the molecule is CN(C)C(=O)c1sc2cnc(Nc3ccc(N4CCC(N5CCNCC5)CC4)cn3)nc2c1C1CCCC1.Cl.Cl.Cl.Cl. The van der Waals surface area contributed by atoms with E-state index in [9.17, 15) is 4.79 Å². The van der Waals surface area contributed by atoms with Crippen LogP contribution < -0.4 is 15.5 Å². The van der Waals surface area contributed by atoms with E-state index < -0.39 is 0 Å². The van der Waals surface area contributed by atoms with Crippen LogP contribution >= 0.6 is 61.0 Å². The Bertz CT molecular complexity index is 1270. The second-order valence-electron chi connectivity index (χ2n) is 11.0. The lowest BCUT2D eigenvalue weighted by Crippen LogP contribution is -2.52. The van der Waals surface area contributed by atoms with Crippen LogP contribution in [0.2, 0.25) is 0 Å². The molecule has 3 fully saturated rings. The number of fused-ring (bicyclic) bond motifs is 1. The van der Waals surface area contributed by atoms with E-state index in [2.05, 4.69) is 36.5 Å². The van der Waals surface area contributed by atoms with Crippen molar-refractivity contribution in [2.45, 2.75) is 50.5 Å². The molecule has 14 heteroatoms. The molecule has 1 aliphatic carbocycles. The van der Waals surface area contributed by atoms with Crippen molar-refractivity contribution in [1.82, 2.24) is 30.1 Å². The predicted octanol–water partition coefficient (Wildman–Crippen LogP) is 5.75. The van der Waals surface area contributed by atoms with Gasteiger partial charge in [-0.1, -0.05) is 12.8 Å². The zero-order valence-electron chi connectivity index (χ0n) is 24.1. The molecule has 42 heavy (non-hydrogen) atoms. The Labute approximate surface area is 277 Å². The van der Waals surface area contributed by atoms with E-state index in [1.165, 1.54) is 55.8 Å². The fraction of sp³-hybridized carbons (Fsp3) is 0.571. The van der Waals surface area contributed by atoms with Crippen molar-refractivity contribution in [2.24, 2.45) is 0 Å². The Kier molecular flexibility index (Phi) is 14.3. The molecule has 2 N–H and O–H groups in total. The van der Waals surface area contributed by atoms with Gasteiger partial charge in [0, 0.05) is 65.0 Å². The van der Waals surface area contributed by atoms with Gasteiger partial charge in [-0.15, -0.1) is 61.0 Å². The highest BCUT2D eigenvalue weighted by molar-refractivity contribution is 7.21. The predicted molar refractivity (Wildman–Crippen MR) is 183 cm³/mol. The minimum Gasteiger partial charge on any atom is -0.370 e. The topological polar surface area (TPSA) is 89.5 Å². The molecule has 1 amide bonds. The average Bonchev–Trinajstić information content (AvgIpc) is 3.61. The van der Waals surface area contributed by atoms with Gasteiger partial charge in [0.1, 0.15) is 5.82 Å². The molecular weight excluding hydrogens is 638 g/mol. The van der Waals surface area contributed by atoms with Crippen molar-refractivity contribution in [3.63, 3.8) is 0 Å². The number of rotatable bonds is 6. The first-order chi connectivity index (χ1) is 18.6. The number of anilines is 3. The van der Waals surface area contributed by atoms with Gasteiger partial charge in [0.15, 0.2) is 0 Å². The number of thiophene rings is 1. The third kappa shape index (κ3) is 7.88. The van der Waals surface area contributed by atoms with Gasteiger partial charge in [-0.2, -0.15) is 0 Å². The zero-order valence-corrected chi connectivity index (χ0v) is 28.2. The third-order valence-electron chi connectivity index (χ3n) is 8.32. The van der Waals surface area contributed by atoms with Crippen LogP contribution in [-0.4, -0.2) is 90.1 Å². The van der Waals surface area contributed by atoms with E-state index in [0.717, 1.165) is 65.5 Å². The summed E-state index contributed by atoms with van der Waals surface area (Å²) in [6, 6.07) is 4.85. The first kappa shape index (κ1) is 36.5. The summed E-state index contributed by atoms with van der Waals surface area (Å²) >= 11 is 1.52. The monoisotopic (exact) mass is 678 g/mol. The number of nitrogens with zero attached hydrogens (tertiary/aromatic N) is 6. The molecule has 0 bridgehead atoms. The summed E-state index contributed by atoms with van der Waals surface area (Å²) in [6.07, 6.45) is 10.8. The summed E-state index contributed by atoms with van der Waals surface area (Å²) in [7, 11) is 3.63. The number of piperazine rings is 1. The number of carbonyl (C=O) groups is 1. The molecule has 0 atom stereocenters. The second-order valence-corrected chi connectivity index (χ2v) is 12.0. The van der Waals surface area contributed by atoms with Gasteiger partial charge in [-0.3, -0.25) is 9.69 Å². The molecule has 0 radical (unpaired) electrons. The van der Waals surface area contributed by atoms with Crippen LogP contribution in [0.5, 0.6) is 0 Å². The molecule has 6 rings (SSSR count). The number of piperidine rings is 1. The number of halogens is 4. The summed E-state index contributed by atoms with van der Waals surface area (Å²) in [5.74, 6) is 1.69. The molecule has 0 spiro atoms. The van der Waals surface area contributed by atoms with Gasteiger partial charge < -0.3 is 20.4 Å². The normalized spacial score (nSPS) is 17.9. The minimum absolute atomic E-state index is 0. The number of hydrogen-bond donors (Lipinski definition) is 2. The molecule has 0 unspecified atom stereocenters.